The maximum atomic E-state index is 13.8. The molecule has 0 fully saturated rings. The Morgan fingerprint density at radius 2 is 1.22 bits per heavy atom. The maximum absolute atomic E-state index is 13.8. The van der Waals surface area contributed by atoms with E-state index in [1.54, 1.807) is 0 Å². The van der Waals surface area contributed by atoms with E-state index < -0.39 is 13.0 Å². The zero-order valence-corrected chi connectivity index (χ0v) is 13.6. The predicted octanol–water partition coefficient (Wildman–Crippen LogP) is 4.57. The molecule has 0 heterocycles. The lowest BCUT2D eigenvalue weighted by Gasteiger charge is -2.25. The summed E-state index contributed by atoms with van der Waals surface area (Å²) >= 11 is 0. The topological polar surface area (TPSA) is 37.3 Å². The van der Waals surface area contributed by atoms with E-state index in [4.69, 9.17) is 0 Å². The van der Waals surface area contributed by atoms with Crippen LogP contribution in [0.15, 0.2) is 91.0 Å². The van der Waals surface area contributed by atoms with Crippen LogP contribution in [-0.4, -0.2) is 5.11 Å². The van der Waals surface area contributed by atoms with Gasteiger partial charge < -0.3 is 9.67 Å². The van der Waals surface area contributed by atoms with Gasteiger partial charge in [0.05, 0.1) is 0 Å². The monoisotopic (exact) mass is 322 g/mol. The molecule has 2 nitrogen and oxygen atoms in total. The number of hydrogen-bond acceptors (Lipinski definition) is 2. The second kappa shape index (κ2) is 6.95. The van der Waals surface area contributed by atoms with Crippen LogP contribution in [0.1, 0.15) is 17.0 Å². The summed E-state index contributed by atoms with van der Waals surface area (Å²) in [6.07, 6.45) is 0.341. The molecular weight excluding hydrogens is 303 g/mol. The van der Waals surface area contributed by atoms with E-state index in [0.29, 0.717) is 17.0 Å². The molecule has 2 atom stereocenters. The van der Waals surface area contributed by atoms with Gasteiger partial charge in [0, 0.05) is 11.5 Å². The SMILES string of the molecule is O=P(Cc1ccccc1)(c1ccccc1)C(O)c1ccccc1. The molecule has 0 aromatic heterocycles. The lowest BCUT2D eigenvalue weighted by Crippen LogP contribution is -2.13. The zero-order valence-electron chi connectivity index (χ0n) is 12.7. The Kier molecular flexibility index (Phi) is 4.76. The van der Waals surface area contributed by atoms with Crippen molar-refractivity contribution in [3.63, 3.8) is 0 Å². The summed E-state index contributed by atoms with van der Waals surface area (Å²) in [6.45, 7) is 0. The zero-order chi connectivity index (χ0) is 16.1. The van der Waals surface area contributed by atoms with Gasteiger partial charge in [0.1, 0.15) is 5.85 Å². The molecule has 0 aliphatic rings. The minimum atomic E-state index is -3.05. The molecular formula is C20H19O2P. The Hall–Kier alpha value is -2.15. The van der Waals surface area contributed by atoms with E-state index in [2.05, 4.69) is 0 Å². The molecule has 0 bridgehead atoms. The highest BCUT2D eigenvalue weighted by Gasteiger charge is 2.34. The molecule has 3 aromatic rings. The van der Waals surface area contributed by atoms with E-state index in [9.17, 15) is 9.67 Å². The highest BCUT2D eigenvalue weighted by atomic mass is 31.2. The van der Waals surface area contributed by atoms with Crippen LogP contribution in [0.5, 0.6) is 0 Å². The molecule has 0 saturated carbocycles. The van der Waals surface area contributed by atoms with Crippen molar-refractivity contribution in [3.8, 4) is 0 Å². The van der Waals surface area contributed by atoms with Crippen molar-refractivity contribution in [3.05, 3.63) is 102 Å². The highest BCUT2D eigenvalue weighted by molar-refractivity contribution is 7.71. The van der Waals surface area contributed by atoms with Crippen LogP contribution in [0.25, 0.3) is 0 Å². The molecule has 0 aliphatic heterocycles. The fraction of sp³-hybridized carbons (Fsp3) is 0.100. The van der Waals surface area contributed by atoms with Crippen molar-refractivity contribution in [1.82, 2.24) is 0 Å². The van der Waals surface area contributed by atoms with Crippen LogP contribution in [0, 0.1) is 0 Å². The second-order valence-electron chi connectivity index (χ2n) is 5.56. The van der Waals surface area contributed by atoms with Crippen LogP contribution < -0.4 is 5.30 Å². The molecule has 2 unspecified atom stereocenters. The third-order valence-corrected chi connectivity index (χ3v) is 7.04. The number of hydrogen-bond donors (Lipinski definition) is 1. The van der Waals surface area contributed by atoms with Gasteiger partial charge in [0.15, 0.2) is 7.14 Å². The van der Waals surface area contributed by atoms with Crippen LogP contribution in [0.4, 0.5) is 0 Å². The molecule has 1 N–H and O–H groups in total. The fourth-order valence-electron chi connectivity index (χ4n) is 2.72. The maximum Gasteiger partial charge on any atom is 0.151 e. The molecule has 0 radical (unpaired) electrons. The minimum Gasteiger partial charge on any atom is -0.380 e. The molecule has 0 amide bonds. The Balaban J connectivity index is 2.05. The van der Waals surface area contributed by atoms with Gasteiger partial charge in [-0.3, -0.25) is 0 Å². The van der Waals surface area contributed by atoms with Gasteiger partial charge in [-0.05, 0) is 11.1 Å². The van der Waals surface area contributed by atoms with E-state index >= 15 is 0 Å². The van der Waals surface area contributed by atoms with Gasteiger partial charge in [0.2, 0.25) is 0 Å². The average molecular weight is 322 g/mol. The Morgan fingerprint density at radius 1 is 0.739 bits per heavy atom. The number of benzene rings is 3. The Labute approximate surface area is 136 Å². The average Bonchev–Trinajstić information content (AvgIpc) is 2.63. The summed E-state index contributed by atoms with van der Waals surface area (Å²) < 4.78 is 13.8. The number of aliphatic hydroxyl groups is 1. The van der Waals surface area contributed by atoms with Crippen molar-refractivity contribution in [2.75, 3.05) is 0 Å². The first-order valence-electron chi connectivity index (χ1n) is 7.61. The quantitative estimate of drug-likeness (QED) is 0.699. The van der Waals surface area contributed by atoms with Crippen molar-refractivity contribution in [2.24, 2.45) is 0 Å². The van der Waals surface area contributed by atoms with E-state index in [-0.39, 0.29) is 0 Å². The van der Waals surface area contributed by atoms with Crippen LogP contribution in [-0.2, 0) is 10.7 Å². The summed E-state index contributed by atoms with van der Waals surface area (Å²) in [6, 6.07) is 28.3. The van der Waals surface area contributed by atoms with Gasteiger partial charge in [0.25, 0.3) is 0 Å². The van der Waals surface area contributed by atoms with Crippen molar-refractivity contribution < 1.29 is 9.67 Å². The number of rotatable bonds is 5. The second-order valence-corrected chi connectivity index (χ2v) is 8.47. The van der Waals surface area contributed by atoms with E-state index in [0.717, 1.165) is 5.56 Å². The number of aliphatic hydroxyl groups excluding tert-OH is 1. The van der Waals surface area contributed by atoms with Gasteiger partial charge in [-0.25, -0.2) is 0 Å². The highest BCUT2D eigenvalue weighted by Crippen LogP contribution is 2.59. The smallest absolute Gasteiger partial charge is 0.151 e. The summed E-state index contributed by atoms with van der Waals surface area (Å²) in [4.78, 5) is 0. The Bertz CT molecular complexity index is 786. The fourth-order valence-corrected chi connectivity index (χ4v) is 5.44. The molecule has 23 heavy (non-hydrogen) atoms. The standard InChI is InChI=1S/C20H19O2P/c21-20(18-12-6-2-7-13-18)23(22,19-14-8-3-9-15-19)16-17-10-4-1-5-11-17/h1-15,20-21H,16H2. The normalized spacial score (nSPS) is 14.8. The van der Waals surface area contributed by atoms with E-state index in [1.807, 2.05) is 91.0 Å². The van der Waals surface area contributed by atoms with Crippen molar-refractivity contribution >= 4 is 12.4 Å². The van der Waals surface area contributed by atoms with Gasteiger partial charge in [-0.1, -0.05) is 91.0 Å². The van der Waals surface area contributed by atoms with Crippen LogP contribution in [0.2, 0.25) is 0 Å². The molecule has 3 rings (SSSR count). The molecule has 0 aliphatic carbocycles. The molecule has 0 spiro atoms. The lowest BCUT2D eigenvalue weighted by molar-refractivity contribution is 0.254. The first kappa shape index (κ1) is 15.7. The molecule has 116 valence electrons. The molecule has 3 heteroatoms. The molecule has 3 aromatic carbocycles. The van der Waals surface area contributed by atoms with Crippen LogP contribution in [0.3, 0.4) is 0 Å². The first-order chi connectivity index (χ1) is 11.2. The largest absolute Gasteiger partial charge is 0.380 e. The van der Waals surface area contributed by atoms with E-state index in [1.165, 1.54) is 0 Å². The Morgan fingerprint density at radius 3 is 1.78 bits per heavy atom. The summed E-state index contributed by atoms with van der Waals surface area (Å²) in [5.74, 6) is -1.01. The lowest BCUT2D eigenvalue weighted by atomic mass is 10.2. The summed E-state index contributed by atoms with van der Waals surface area (Å²) in [7, 11) is -3.05. The third-order valence-electron chi connectivity index (χ3n) is 3.95. The van der Waals surface area contributed by atoms with Crippen molar-refractivity contribution in [2.45, 2.75) is 12.0 Å². The third kappa shape index (κ3) is 3.44. The predicted molar refractivity (Wildman–Crippen MR) is 95.2 cm³/mol. The first-order valence-corrected chi connectivity index (χ1v) is 9.57. The van der Waals surface area contributed by atoms with Gasteiger partial charge in [-0.15, -0.1) is 0 Å². The van der Waals surface area contributed by atoms with Crippen LogP contribution >= 0.6 is 7.14 Å². The summed E-state index contributed by atoms with van der Waals surface area (Å²) in [5.41, 5.74) is 1.66. The van der Waals surface area contributed by atoms with Gasteiger partial charge >= 0.3 is 0 Å². The van der Waals surface area contributed by atoms with Crippen molar-refractivity contribution in [1.29, 1.82) is 0 Å². The van der Waals surface area contributed by atoms with Gasteiger partial charge in [-0.2, -0.15) is 0 Å². The minimum absolute atomic E-state index is 0.341. The molecule has 0 saturated heterocycles. The summed E-state index contributed by atoms with van der Waals surface area (Å²) in [5, 5.41) is 11.6.